The first kappa shape index (κ1) is 18.4. The zero-order valence-electron chi connectivity index (χ0n) is 15.2. The van der Waals surface area contributed by atoms with Crippen LogP contribution in [-0.2, 0) is 13.0 Å². The molecule has 0 atom stereocenters. The number of nitrogens with one attached hydrogen (secondary N) is 2. The minimum absolute atomic E-state index is 0.00897. The van der Waals surface area contributed by atoms with Gasteiger partial charge in [0.1, 0.15) is 0 Å². The monoisotopic (exact) mass is 376 g/mol. The van der Waals surface area contributed by atoms with Gasteiger partial charge in [0.2, 0.25) is 5.75 Å². The van der Waals surface area contributed by atoms with E-state index in [1.54, 1.807) is 17.0 Å². The number of ether oxygens (including phenoxy) is 3. The van der Waals surface area contributed by atoms with Gasteiger partial charge in [-0.3, -0.25) is 5.10 Å². The molecule has 0 unspecified atom stereocenters. The zero-order valence-corrected chi connectivity index (χ0v) is 15.2. The highest BCUT2D eigenvalue weighted by Gasteiger charge is 2.27. The lowest BCUT2D eigenvalue weighted by Crippen LogP contribution is -2.39. The number of carbonyl (C=O) groups is 2. The first-order valence-electron chi connectivity index (χ1n) is 8.13. The largest absolute Gasteiger partial charge is 0.493 e. The fourth-order valence-electron chi connectivity index (χ4n) is 3.02. The number of carboxylic acids is 1. The van der Waals surface area contributed by atoms with E-state index in [1.165, 1.54) is 21.3 Å². The van der Waals surface area contributed by atoms with Crippen molar-refractivity contribution >= 4 is 17.7 Å². The first-order valence-corrected chi connectivity index (χ1v) is 8.13. The normalized spacial score (nSPS) is 12.9. The summed E-state index contributed by atoms with van der Waals surface area (Å²) in [6.07, 6.45) is 0.413. The molecule has 144 valence electrons. The Hall–Kier alpha value is -3.43. The number of rotatable bonds is 5. The summed E-state index contributed by atoms with van der Waals surface area (Å²) >= 11 is 0. The molecule has 0 bridgehead atoms. The van der Waals surface area contributed by atoms with Crippen LogP contribution in [0, 0.1) is 0 Å². The summed E-state index contributed by atoms with van der Waals surface area (Å²) in [5.74, 6) is 0.197. The van der Waals surface area contributed by atoms with Crippen molar-refractivity contribution in [2.24, 2.45) is 0 Å². The van der Waals surface area contributed by atoms with Crippen LogP contribution >= 0.6 is 0 Å². The van der Waals surface area contributed by atoms with E-state index in [9.17, 15) is 9.59 Å². The molecule has 1 aromatic heterocycles. The highest BCUT2D eigenvalue weighted by Crippen LogP contribution is 2.40. The predicted octanol–water partition coefficient (Wildman–Crippen LogP) is 1.72. The van der Waals surface area contributed by atoms with Gasteiger partial charge in [-0.1, -0.05) is 0 Å². The number of carboxylic acid groups (broad SMARTS) is 1. The highest BCUT2D eigenvalue weighted by molar-refractivity contribution is 5.91. The average molecular weight is 376 g/mol. The third-order valence-electron chi connectivity index (χ3n) is 4.34. The van der Waals surface area contributed by atoms with Gasteiger partial charge in [-0.2, -0.15) is 5.10 Å². The van der Waals surface area contributed by atoms with Gasteiger partial charge in [0.25, 0.3) is 0 Å². The Morgan fingerprint density at radius 2 is 1.85 bits per heavy atom. The molecule has 0 radical (unpaired) electrons. The topological polar surface area (TPSA) is 126 Å². The summed E-state index contributed by atoms with van der Waals surface area (Å²) in [4.78, 5) is 25.3. The SMILES string of the molecule is COc1cc(NC(=O)N2CCc3c(C(=O)O)n[nH]c3C2)cc(OC)c1OC. The van der Waals surface area contributed by atoms with Crippen LogP contribution in [0.5, 0.6) is 17.2 Å². The third kappa shape index (κ3) is 3.46. The standard InChI is InChI=1S/C17H20N4O6/c1-25-12-6-9(7-13(26-2)15(12)27-3)18-17(24)21-5-4-10-11(8-21)19-20-14(10)16(22)23/h6-7H,4-5,8H2,1-3H3,(H,18,24)(H,19,20)(H,22,23). The van der Waals surface area contributed by atoms with Gasteiger partial charge in [0.05, 0.1) is 39.3 Å². The van der Waals surface area contributed by atoms with E-state index < -0.39 is 5.97 Å². The Bertz CT molecular complexity index is 853. The number of fused-ring (bicyclic) bond motifs is 1. The number of nitrogens with zero attached hydrogens (tertiary/aromatic N) is 2. The number of carbonyl (C=O) groups excluding carboxylic acids is 1. The van der Waals surface area contributed by atoms with Crippen LogP contribution < -0.4 is 19.5 Å². The van der Waals surface area contributed by atoms with E-state index in [4.69, 9.17) is 19.3 Å². The molecule has 1 aliphatic heterocycles. The van der Waals surface area contributed by atoms with Gasteiger partial charge < -0.3 is 29.5 Å². The fraction of sp³-hybridized carbons (Fsp3) is 0.353. The van der Waals surface area contributed by atoms with Crippen LogP contribution in [0.4, 0.5) is 10.5 Å². The smallest absolute Gasteiger partial charge is 0.356 e. The molecule has 0 saturated heterocycles. The summed E-state index contributed by atoms with van der Waals surface area (Å²) in [6.45, 7) is 0.620. The van der Waals surface area contributed by atoms with Crippen LogP contribution in [0.3, 0.4) is 0 Å². The Morgan fingerprint density at radius 3 is 2.41 bits per heavy atom. The lowest BCUT2D eigenvalue weighted by molar-refractivity contribution is 0.0689. The molecular formula is C17H20N4O6. The number of anilines is 1. The van der Waals surface area contributed by atoms with Gasteiger partial charge >= 0.3 is 12.0 Å². The van der Waals surface area contributed by atoms with Gasteiger partial charge in [0, 0.05) is 24.2 Å². The van der Waals surface area contributed by atoms with Gasteiger partial charge in [-0.15, -0.1) is 0 Å². The number of aromatic amines is 1. The van der Waals surface area contributed by atoms with Crippen molar-refractivity contribution in [3.63, 3.8) is 0 Å². The molecule has 2 aromatic rings. The van der Waals surface area contributed by atoms with Crippen molar-refractivity contribution in [1.82, 2.24) is 15.1 Å². The van der Waals surface area contributed by atoms with E-state index in [1.807, 2.05) is 0 Å². The van der Waals surface area contributed by atoms with E-state index in [0.717, 1.165) is 0 Å². The summed E-state index contributed by atoms with van der Waals surface area (Å²) in [7, 11) is 4.49. The van der Waals surface area contributed by atoms with E-state index >= 15 is 0 Å². The number of methoxy groups -OCH3 is 3. The molecule has 27 heavy (non-hydrogen) atoms. The minimum Gasteiger partial charge on any atom is -0.493 e. The van der Waals surface area contributed by atoms with Crippen molar-refractivity contribution in [1.29, 1.82) is 0 Å². The number of hydrogen-bond acceptors (Lipinski definition) is 6. The maximum Gasteiger partial charge on any atom is 0.356 e. The Kier molecular flexibility index (Phi) is 5.06. The van der Waals surface area contributed by atoms with Crippen molar-refractivity contribution < 1.29 is 28.9 Å². The van der Waals surface area contributed by atoms with E-state index in [0.29, 0.717) is 47.2 Å². The van der Waals surface area contributed by atoms with E-state index in [-0.39, 0.29) is 18.3 Å². The van der Waals surface area contributed by atoms with Crippen molar-refractivity contribution in [2.45, 2.75) is 13.0 Å². The summed E-state index contributed by atoms with van der Waals surface area (Å²) in [5, 5.41) is 18.4. The lowest BCUT2D eigenvalue weighted by atomic mass is 10.0. The minimum atomic E-state index is -1.08. The van der Waals surface area contributed by atoms with Crippen molar-refractivity contribution in [2.75, 3.05) is 33.2 Å². The van der Waals surface area contributed by atoms with Crippen molar-refractivity contribution in [3.8, 4) is 17.2 Å². The summed E-state index contributed by atoms with van der Waals surface area (Å²) in [6, 6.07) is 2.93. The van der Waals surface area contributed by atoms with Crippen molar-refractivity contribution in [3.05, 3.63) is 29.1 Å². The van der Waals surface area contributed by atoms with Crippen LogP contribution in [0.1, 0.15) is 21.7 Å². The fourth-order valence-corrected chi connectivity index (χ4v) is 3.02. The molecule has 1 aromatic carbocycles. The maximum atomic E-state index is 12.6. The second-order valence-corrected chi connectivity index (χ2v) is 5.85. The molecule has 0 fully saturated rings. The van der Waals surface area contributed by atoms with Gasteiger partial charge in [-0.25, -0.2) is 9.59 Å². The molecule has 3 N–H and O–H groups in total. The average Bonchev–Trinajstić information content (AvgIpc) is 3.10. The Morgan fingerprint density at radius 1 is 1.19 bits per heavy atom. The van der Waals surface area contributed by atoms with Gasteiger partial charge in [0.15, 0.2) is 17.2 Å². The first-order chi connectivity index (χ1) is 13.0. The maximum absolute atomic E-state index is 12.6. The predicted molar refractivity (Wildman–Crippen MR) is 94.8 cm³/mol. The zero-order chi connectivity index (χ0) is 19.6. The summed E-state index contributed by atoms with van der Waals surface area (Å²) in [5.41, 5.74) is 1.75. The summed E-state index contributed by atoms with van der Waals surface area (Å²) < 4.78 is 15.8. The number of aromatic nitrogens is 2. The van der Waals surface area contributed by atoms with Crippen LogP contribution in [-0.4, -0.2) is 60.1 Å². The lowest BCUT2D eigenvalue weighted by Gasteiger charge is -2.27. The molecule has 2 heterocycles. The number of hydrogen-bond donors (Lipinski definition) is 3. The molecule has 0 aliphatic carbocycles. The number of amides is 2. The van der Waals surface area contributed by atoms with Gasteiger partial charge in [-0.05, 0) is 6.42 Å². The molecule has 1 aliphatic rings. The van der Waals surface area contributed by atoms with E-state index in [2.05, 4.69) is 15.5 Å². The van der Waals surface area contributed by atoms with Crippen LogP contribution in [0.15, 0.2) is 12.1 Å². The second kappa shape index (κ2) is 7.44. The molecule has 0 saturated carbocycles. The Labute approximate surface area is 155 Å². The second-order valence-electron chi connectivity index (χ2n) is 5.85. The molecular weight excluding hydrogens is 356 g/mol. The number of benzene rings is 1. The Balaban J connectivity index is 1.77. The quantitative estimate of drug-likeness (QED) is 0.725. The number of urea groups is 1. The molecule has 0 spiro atoms. The number of H-pyrrole nitrogens is 1. The van der Waals surface area contributed by atoms with Crippen LogP contribution in [0.25, 0.3) is 0 Å². The number of aromatic carboxylic acids is 1. The highest BCUT2D eigenvalue weighted by atomic mass is 16.5. The molecule has 2 amide bonds. The molecule has 10 nitrogen and oxygen atoms in total. The van der Waals surface area contributed by atoms with Crippen LogP contribution in [0.2, 0.25) is 0 Å². The molecule has 3 rings (SSSR count). The molecule has 10 heteroatoms. The third-order valence-corrected chi connectivity index (χ3v) is 4.34.